The summed E-state index contributed by atoms with van der Waals surface area (Å²) in [6.45, 7) is 10.6. The molecule has 0 fully saturated rings. The van der Waals surface area contributed by atoms with Gasteiger partial charge in [0.25, 0.3) is 0 Å². The van der Waals surface area contributed by atoms with Crippen molar-refractivity contribution in [2.24, 2.45) is 10.7 Å². The lowest BCUT2D eigenvalue weighted by atomic mass is 9.86. The molecular weight excluding hydrogens is 250 g/mol. The van der Waals surface area contributed by atoms with Crippen molar-refractivity contribution in [2.75, 3.05) is 6.54 Å². The van der Waals surface area contributed by atoms with E-state index in [0.29, 0.717) is 12.4 Å². The van der Waals surface area contributed by atoms with Crippen molar-refractivity contribution < 1.29 is 4.79 Å². The van der Waals surface area contributed by atoms with Crippen LogP contribution in [0.1, 0.15) is 37.9 Å². The van der Waals surface area contributed by atoms with Crippen molar-refractivity contribution in [1.82, 2.24) is 4.90 Å². The zero-order chi connectivity index (χ0) is 14.9. The third-order valence-corrected chi connectivity index (χ3v) is 3.48. The summed E-state index contributed by atoms with van der Waals surface area (Å²) in [4.78, 5) is 17.3. The van der Waals surface area contributed by atoms with Gasteiger partial charge in [0.05, 0.1) is 0 Å². The highest BCUT2D eigenvalue weighted by Crippen LogP contribution is 2.29. The van der Waals surface area contributed by atoms with Crippen molar-refractivity contribution in [2.45, 2.75) is 32.2 Å². The molecule has 0 spiro atoms. The van der Waals surface area contributed by atoms with Crippen molar-refractivity contribution in [3.8, 4) is 0 Å². The molecule has 1 atom stereocenters. The van der Waals surface area contributed by atoms with Crippen LogP contribution < -0.4 is 5.73 Å². The van der Waals surface area contributed by atoms with Gasteiger partial charge in [-0.3, -0.25) is 0 Å². The summed E-state index contributed by atoms with van der Waals surface area (Å²) in [6.07, 6.45) is 1.68. The molecule has 0 bridgehead atoms. The number of rotatable bonds is 3. The van der Waals surface area contributed by atoms with Crippen LogP contribution in [0.3, 0.4) is 0 Å². The van der Waals surface area contributed by atoms with Crippen LogP contribution in [0.5, 0.6) is 0 Å². The number of benzene rings is 1. The Morgan fingerprint density at radius 3 is 2.45 bits per heavy atom. The summed E-state index contributed by atoms with van der Waals surface area (Å²) in [5, 5.41) is 0. The van der Waals surface area contributed by atoms with E-state index in [1.807, 2.05) is 12.1 Å². The maximum absolute atomic E-state index is 11.8. The maximum Gasteiger partial charge on any atom is 0.346 e. The predicted molar refractivity (Wildman–Crippen MR) is 81.8 cm³/mol. The van der Waals surface area contributed by atoms with Gasteiger partial charge >= 0.3 is 6.03 Å². The zero-order valence-corrected chi connectivity index (χ0v) is 12.3. The molecular formula is C16H21N3O. The first-order valence-electron chi connectivity index (χ1n) is 6.70. The van der Waals surface area contributed by atoms with Crippen LogP contribution in [0.15, 0.2) is 41.9 Å². The first kappa shape index (κ1) is 14.3. The highest BCUT2D eigenvalue weighted by molar-refractivity contribution is 6.03. The molecule has 2 rings (SSSR count). The van der Waals surface area contributed by atoms with E-state index in [-0.39, 0.29) is 17.5 Å². The summed E-state index contributed by atoms with van der Waals surface area (Å²) in [5.41, 5.74) is 8.23. The minimum absolute atomic E-state index is 0.102. The molecule has 0 aromatic heterocycles. The number of amides is 2. The molecule has 0 aliphatic carbocycles. The van der Waals surface area contributed by atoms with E-state index >= 15 is 0 Å². The molecule has 1 aromatic rings. The van der Waals surface area contributed by atoms with E-state index in [1.165, 1.54) is 5.56 Å². The Hall–Kier alpha value is -2.10. The van der Waals surface area contributed by atoms with Gasteiger partial charge in [-0.15, -0.1) is 6.58 Å². The van der Waals surface area contributed by atoms with Crippen molar-refractivity contribution >= 4 is 11.9 Å². The molecule has 0 saturated heterocycles. The molecule has 1 aromatic carbocycles. The molecule has 20 heavy (non-hydrogen) atoms. The van der Waals surface area contributed by atoms with Crippen molar-refractivity contribution in [1.29, 1.82) is 0 Å². The van der Waals surface area contributed by atoms with Crippen LogP contribution in [0.2, 0.25) is 0 Å². The van der Waals surface area contributed by atoms with Gasteiger partial charge in [0.1, 0.15) is 11.9 Å². The van der Waals surface area contributed by atoms with Gasteiger partial charge in [-0.25, -0.2) is 4.79 Å². The van der Waals surface area contributed by atoms with Gasteiger partial charge in [0.15, 0.2) is 0 Å². The summed E-state index contributed by atoms with van der Waals surface area (Å²) in [7, 11) is 0. The SMILES string of the molecule is C=CCN1C(=O)N=C(N)C1c1ccc(C(C)(C)C)cc1. The van der Waals surface area contributed by atoms with E-state index in [4.69, 9.17) is 5.73 Å². The van der Waals surface area contributed by atoms with Gasteiger partial charge < -0.3 is 10.6 Å². The summed E-state index contributed by atoms with van der Waals surface area (Å²) in [5.74, 6) is 0.348. The second-order valence-electron chi connectivity index (χ2n) is 6.03. The van der Waals surface area contributed by atoms with E-state index < -0.39 is 0 Å². The summed E-state index contributed by atoms with van der Waals surface area (Å²) >= 11 is 0. The van der Waals surface area contributed by atoms with Gasteiger partial charge in [-0.05, 0) is 16.5 Å². The Labute approximate surface area is 120 Å². The minimum Gasteiger partial charge on any atom is -0.385 e. The van der Waals surface area contributed by atoms with E-state index in [1.54, 1.807) is 11.0 Å². The number of hydrogen-bond donors (Lipinski definition) is 1. The van der Waals surface area contributed by atoms with E-state index in [9.17, 15) is 4.79 Å². The lowest BCUT2D eigenvalue weighted by molar-refractivity contribution is 0.213. The van der Waals surface area contributed by atoms with Crippen LogP contribution in [0, 0.1) is 0 Å². The molecule has 1 heterocycles. The molecule has 2 N–H and O–H groups in total. The first-order chi connectivity index (χ1) is 9.34. The van der Waals surface area contributed by atoms with Crippen molar-refractivity contribution in [3.63, 3.8) is 0 Å². The third kappa shape index (κ3) is 2.59. The van der Waals surface area contributed by atoms with Gasteiger partial charge in [-0.1, -0.05) is 51.1 Å². The second kappa shape index (κ2) is 5.12. The molecule has 1 aliphatic heterocycles. The number of hydrogen-bond acceptors (Lipinski definition) is 2. The van der Waals surface area contributed by atoms with Gasteiger partial charge in [0, 0.05) is 6.54 Å². The number of carbonyl (C=O) groups excluding carboxylic acids is 1. The number of amidine groups is 1. The normalized spacial score (nSPS) is 19.1. The Bertz CT molecular complexity index is 552. The van der Waals surface area contributed by atoms with Gasteiger partial charge in [0.2, 0.25) is 0 Å². The smallest absolute Gasteiger partial charge is 0.346 e. The number of aliphatic imine (C=N–C) groups is 1. The second-order valence-corrected chi connectivity index (χ2v) is 6.03. The predicted octanol–water partition coefficient (Wildman–Crippen LogP) is 3.00. The fourth-order valence-corrected chi connectivity index (χ4v) is 2.34. The highest BCUT2D eigenvalue weighted by Gasteiger charge is 2.33. The standard InChI is InChI=1S/C16H21N3O/c1-5-10-19-13(14(17)18-15(19)20)11-6-8-12(9-7-11)16(2,3)4/h5-9,13H,1,10H2,2-4H3,(H2,17,18,20). The minimum atomic E-state index is -0.299. The topological polar surface area (TPSA) is 58.7 Å². The molecule has 2 amide bonds. The van der Waals surface area contributed by atoms with Crippen LogP contribution in [-0.4, -0.2) is 23.3 Å². The largest absolute Gasteiger partial charge is 0.385 e. The number of urea groups is 1. The molecule has 4 heteroatoms. The highest BCUT2D eigenvalue weighted by atomic mass is 16.2. The van der Waals surface area contributed by atoms with Crippen LogP contribution in [0.25, 0.3) is 0 Å². The number of nitrogens with zero attached hydrogens (tertiary/aromatic N) is 2. The summed E-state index contributed by atoms with van der Waals surface area (Å²) in [6, 6.07) is 7.61. The Kier molecular flexibility index (Phi) is 3.66. The van der Waals surface area contributed by atoms with Crippen LogP contribution >= 0.6 is 0 Å². The lowest BCUT2D eigenvalue weighted by Crippen LogP contribution is -2.33. The van der Waals surface area contributed by atoms with Gasteiger partial charge in [-0.2, -0.15) is 4.99 Å². The lowest BCUT2D eigenvalue weighted by Gasteiger charge is -2.24. The first-order valence-corrected chi connectivity index (χ1v) is 6.70. The Morgan fingerprint density at radius 2 is 1.95 bits per heavy atom. The van der Waals surface area contributed by atoms with E-state index in [2.05, 4.69) is 44.5 Å². The molecule has 0 saturated carbocycles. The molecule has 106 valence electrons. The molecule has 0 radical (unpaired) electrons. The quantitative estimate of drug-likeness (QED) is 0.859. The number of nitrogens with two attached hydrogens (primary N) is 1. The summed E-state index contributed by atoms with van der Waals surface area (Å²) < 4.78 is 0. The molecule has 1 aliphatic rings. The van der Waals surface area contributed by atoms with Crippen molar-refractivity contribution in [3.05, 3.63) is 48.0 Å². The van der Waals surface area contributed by atoms with Crippen LogP contribution in [0.4, 0.5) is 4.79 Å². The fraction of sp³-hybridized carbons (Fsp3) is 0.375. The Balaban J connectivity index is 2.32. The maximum atomic E-state index is 11.8. The third-order valence-electron chi connectivity index (χ3n) is 3.48. The van der Waals surface area contributed by atoms with Crippen LogP contribution in [-0.2, 0) is 5.41 Å². The Morgan fingerprint density at radius 1 is 1.35 bits per heavy atom. The average molecular weight is 271 g/mol. The van der Waals surface area contributed by atoms with E-state index in [0.717, 1.165) is 5.56 Å². The average Bonchev–Trinajstić information content (AvgIpc) is 2.64. The fourth-order valence-electron chi connectivity index (χ4n) is 2.34. The molecule has 4 nitrogen and oxygen atoms in total. The monoisotopic (exact) mass is 271 g/mol. The zero-order valence-electron chi connectivity index (χ0n) is 12.3. The molecule has 1 unspecified atom stereocenters. The number of carbonyl (C=O) groups is 1.